The number of aryl methyl sites for hydroxylation is 1. The number of carboxylic acid groups (broad SMARTS) is 1. The lowest BCUT2D eigenvalue weighted by atomic mass is 9.49. The van der Waals surface area contributed by atoms with Crippen LogP contribution in [0.5, 0.6) is 5.75 Å². The Labute approximate surface area is 271 Å². The van der Waals surface area contributed by atoms with E-state index in [-0.39, 0.29) is 49.8 Å². The molecule has 10 heteroatoms. The first kappa shape index (κ1) is 30.4. The quantitative estimate of drug-likeness (QED) is 0.242. The van der Waals surface area contributed by atoms with Crippen LogP contribution in [0.3, 0.4) is 0 Å². The normalized spacial score (nSPS) is 28.1. The summed E-state index contributed by atoms with van der Waals surface area (Å²) in [6, 6.07) is 23.3. The van der Waals surface area contributed by atoms with Crippen LogP contribution in [0.2, 0.25) is 0 Å². The van der Waals surface area contributed by atoms with Crippen molar-refractivity contribution >= 4 is 35.3 Å². The number of hydrogen-bond acceptors (Lipinski definition) is 7. The van der Waals surface area contributed by atoms with Crippen molar-refractivity contribution in [3.05, 3.63) is 107 Å². The highest BCUT2D eigenvalue weighted by Gasteiger charge is 2.70. The van der Waals surface area contributed by atoms with Crippen LogP contribution < -0.4 is 5.43 Å². The number of phenols is 1. The molecular weight excluding hydrogens is 598 g/mol. The Balaban J connectivity index is 1.39. The molecule has 3 N–H and O–H groups in total. The van der Waals surface area contributed by atoms with Crippen LogP contribution >= 0.6 is 0 Å². The van der Waals surface area contributed by atoms with Gasteiger partial charge in [0.1, 0.15) is 5.75 Å². The molecule has 3 aromatic carbocycles. The Hall–Kier alpha value is -5.25. The fourth-order valence-electron chi connectivity index (χ4n) is 8.50. The number of fused-ring (bicyclic) bond motifs is 4. The van der Waals surface area contributed by atoms with Crippen molar-refractivity contribution in [2.75, 3.05) is 12.0 Å². The number of allylic oxidation sites excluding steroid dienone is 2. The molecule has 1 saturated carbocycles. The smallest absolute Gasteiger partial charge is 0.303 e. The summed E-state index contributed by atoms with van der Waals surface area (Å²) in [5.41, 5.74) is 5.01. The molecule has 6 atom stereocenters. The fraction of sp³-hybridized carbons (Fsp3) is 0.324. The first-order chi connectivity index (χ1) is 22.6. The monoisotopic (exact) mass is 633 g/mol. The van der Waals surface area contributed by atoms with Crippen molar-refractivity contribution < 1.29 is 34.2 Å². The number of nitrogens with one attached hydrogen (secondary N) is 1. The lowest BCUT2D eigenvalue weighted by Crippen LogP contribution is -2.53. The number of amides is 4. The number of carboxylic acids is 1. The number of phenolic OH excluding ortho intramolecular Hbond substituents is 1. The minimum Gasteiger partial charge on any atom is -0.508 e. The molecule has 2 heterocycles. The Morgan fingerprint density at radius 2 is 1.60 bits per heavy atom. The second kappa shape index (κ2) is 11.5. The maximum Gasteiger partial charge on any atom is 0.303 e. The first-order valence-corrected chi connectivity index (χ1v) is 16.0. The molecule has 2 saturated heterocycles. The van der Waals surface area contributed by atoms with E-state index in [1.54, 1.807) is 36.4 Å². The maximum atomic E-state index is 15.0. The van der Waals surface area contributed by atoms with Crippen molar-refractivity contribution in [1.29, 1.82) is 0 Å². The number of carbonyl (C=O) groups excluding carboxylic acids is 4. The van der Waals surface area contributed by atoms with Gasteiger partial charge in [-0.3, -0.25) is 34.3 Å². The molecule has 0 aromatic heterocycles. The minimum absolute atomic E-state index is 0.00493. The summed E-state index contributed by atoms with van der Waals surface area (Å²) in [6.45, 7) is 1.95. The highest BCUT2D eigenvalue weighted by Crippen LogP contribution is 2.64. The van der Waals surface area contributed by atoms with Gasteiger partial charge in [0, 0.05) is 24.4 Å². The van der Waals surface area contributed by atoms with E-state index >= 15 is 4.79 Å². The van der Waals surface area contributed by atoms with Crippen molar-refractivity contribution in [3.63, 3.8) is 0 Å². The third-order valence-electron chi connectivity index (χ3n) is 10.5. The molecule has 6 unspecified atom stereocenters. The Morgan fingerprint density at radius 3 is 2.30 bits per heavy atom. The van der Waals surface area contributed by atoms with E-state index in [9.17, 15) is 24.3 Å². The number of nitrogens with zero attached hydrogens (tertiary/aromatic N) is 2. The van der Waals surface area contributed by atoms with E-state index < -0.39 is 52.8 Å². The van der Waals surface area contributed by atoms with Gasteiger partial charge in [0.2, 0.25) is 11.8 Å². The summed E-state index contributed by atoms with van der Waals surface area (Å²) in [5, 5.41) is 21.6. The standard InChI is InChI=1S/C37H35N3O7/c1-21-13-15-23(16-14-21)38-40-34(45)28-20-27-24(17-18-26-31(27)35(46)39(33(26)44)19-7-12-30(42)43)32(25-10-5-6-11-29(25)41)37(28,36(40)47)22-8-3-2-4-9-22/h2-6,8-11,13-17,26-28,31-32,38,41H,7,12,18-20H2,1H3,(H,42,43). The lowest BCUT2D eigenvalue weighted by molar-refractivity contribution is -0.142. The van der Waals surface area contributed by atoms with Gasteiger partial charge in [-0.2, -0.15) is 5.01 Å². The van der Waals surface area contributed by atoms with Gasteiger partial charge in [0.15, 0.2) is 0 Å². The highest BCUT2D eigenvalue weighted by atomic mass is 16.4. The number of benzene rings is 3. The predicted molar refractivity (Wildman–Crippen MR) is 170 cm³/mol. The zero-order valence-corrected chi connectivity index (χ0v) is 25.8. The van der Waals surface area contributed by atoms with Crippen LogP contribution in [-0.2, 0) is 29.4 Å². The molecule has 4 amide bonds. The fourth-order valence-corrected chi connectivity index (χ4v) is 8.50. The van der Waals surface area contributed by atoms with Crippen LogP contribution in [0, 0.1) is 30.6 Å². The van der Waals surface area contributed by atoms with Crippen molar-refractivity contribution in [2.45, 2.75) is 43.9 Å². The maximum absolute atomic E-state index is 15.0. The van der Waals surface area contributed by atoms with Gasteiger partial charge in [0.05, 0.1) is 28.9 Å². The minimum atomic E-state index is -1.46. The Morgan fingerprint density at radius 1 is 0.894 bits per heavy atom. The summed E-state index contributed by atoms with van der Waals surface area (Å²) in [5.74, 6) is -6.39. The molecule has 47 heavy (non-hydrogen) atoms. The van der Waals surface area contributed by atoms with Crippen molar-refractivity contribution in [3.8, 4) is 5.75 Å². The molecule has 240 valence electrons. The zero-order valence-electron chi connectivity index (χ0n) is 25.8. The number of anilines is 1. The van der Waals surface area contributed by atoms with Gasteiger partial charge < -0.3 is 10.2 Å². The molecule has 3 aromatic rings. The summed E-state index contributed by atoms with van der Waals surface area (Å²) < 4.78 is 0. The molecule has 4 aliphatic rings. The van der Waals surface area contributed by atoms with E-state index in [1.165, 1.54) is 4.90 Å². The average Bonchev–Trinajstić information content (AvgIpc) is 3.43. The van der Waals surface area contributed by atoms with E-state index in [0.29, 0.717) is 16.8 Å². The first-order valence-electron chi connectivity index (χ1n) is 16.0. The van der Waals surface area contributed by atoms with Crippen LogP contribution in [0.4, 0.5) is 5.69 Å². The van der Waals surface area contributed by atoms with E-state index in [0.717, 1.165) is 16.1 Å². The van der Waals surface area contributed by atoms with Gasteiger partial charge >= 0.3 is 5.97 Å². The van der Waals surface area contributed by atoms with E-state index in [1.807, 2.05) is 55.5 Å². The van der Waals surface area contributed by atoms with Crippen LogP contribution in [0.25, 0.3) is 0 Å². The molecular formula is C37H35N3O7. The predicted octanol–water partition coefficient (Wildman–Crippen LogP) is 4.55. The molecule has 0 bridgehead atoms. The molecule has 0 radical (unpaired) electrons. The third kappa shape index (κ3) is 4.65. The summed E-state index contributed by atoms with van der Waals surface area (Å²) in [7, 11) is 0. The average molecular weight is 634 g/mol. The molecule has 7 rings (SSSR count). The summed E-state index contributed by atoms with van der Waals surface area (Å²) in [4.78, 5) is 69.5. The summed E-state index contributed by atoms with van der Waals surface area (Å²) >= 11 is 0. The number of imide groups is 2. The number of likely N-dealkylation sites (tertiary alicyclic amines) is 1. The number of rotatable bonds is 8. The zero-order chi connectivity index (χ0) is 33.0. The lowest BCUT2D eigenvalue weighted by Gasteiger charge is -2.50. The number of carbonyl (C=O) groups is 5. The Kier molecular flexibility index (Phi) is 7.45. The second-order valence-electron chi connectivity index (χ2n) is 13.0. The van der Waals surface area contributed by atoms with Crippen molar-refractivity contribution in [1.82, 2.24) is 9.91 Å². The Bertz CT molecular complexity index is 1820. The number of aromatic hydroxyl groups is 1. The van der Waals surface area contributed by atoms with Gasteiger partial charge in [-0.1, -0.05) is 77.9 Å². The molecule has 2 aliphatic carbocycles. The van der Waals surface area contributed by atoms with Crippen LogP contribution in [0.1, 0.15) is 48.3 Å². The SMILES string of the molecule is Cc1ccc(NN2C(=O)C3CC4C(=CCC5C(=O)N(CCCC(=O)O)C(=O)C54)C(c4ccccc4O)C3(c3ccccc3)C2=O)cc1. The van der Waals surface area contributed by atoms with Gasteiger partial charge in [-0.05, 0) is 55.9 Å². The van der Waals surface area contributed by atoms with Crippen molar-refractivity contribution in [2.24, 2.45) is 23.7 Å². The molecule has 2 aliphatic heterocycles. The highest BCUT2D eigenvalue weighted by molar-refractivity contribution is 6.13. The van der Waals surface area contributed by atoms with E-state index in [4.69, 9.17) is 5.11 Å². The number of hydrogen-bond donors (Lipinski definition) is 3. The van der Waals surface area contributed by atoms with Crippen LogP contribution in [-0.4, -0.2) is 56.3 Å². The number of hydrazine groups is 1. The van der Waals surface area contributed by atoms with Gasteiger partial charge in [-0.15, -0.1) is 0 Å². The van der Waals surface area contributed by atoms with Gasteiger partial charge in [0.25, 0.3) is 11.8 Å². The molecule has 10 nitrogen and oxygen atoms in total. The summed E-state index contributed by atoms with van der Waals surface area (Å²) in [6.07, 6.45) is 2.30. The van der Waals surface area contributed by atoms with Crippen LogP contribution in [0.15, 0.2) is 90.5 Å². The number of aliphatic carboxylic acids is 1. The topological polar surface area (TPSA) is 144 Å². The number of para-hydroxylation sites is 1. The van der Waals surface area contributed by atoms with Gasteiger partial charge in [-0.25, -0.2) is 0 Å². The molecule has 0 spiro atoms. The largest absolute Gasteiger partial charge is 0.508 e. The second-order valence-corrected chi connectivity index (χ2v) is 13.0. The third-order valence-corrected chi connectivity index (χ3v) is 10.5. The molecule has 3 fully saturated rings. The van der Waals surface area contributed by atoms with E-state index in [2.05, 4.69) is 5.43 Å².